The Labute approximate surface area is 189 Å². The van der Waals surface area contributed by atoms with Gasteiger partial charge in [0, 0.05) is 41.5 Å². The molecule has 30 heavy (non-hydrogen) atoms. The van der Waals surface area contributed by atoms with Gasteiger partial charge in [0.05, 0.1) is 0 Å². The van der Waals surface area contributed by atoms with Crippen LogP contribution in [0.2, 0.25) is 10.0 Å². The molecule has 0 bridgehead atoms. The number of benzene rings is 2. The third kappa shape index (κ3) is 7.03. The van der Waals surface area contributed by atoms with Crippen molar-refractivity contribution in [2.45, 2.75) is 58.5 Å². The Morgan fingerprint density at radius 1 is 0.967 bits per heavy atom. The molecule has 0 spiro atoms. The molecule has 0 aromatic heterocycles. The van der Waals surface area contributed by atoms with Crippen molar-refractivity contribution in [2.24, 2.45) is 0 Å². The lowest BCUT2D eigenvalue weighted by molar-refractivity contribution is -0.141. The monoisotopic (exact) mass is 448 g/mol. The highest BCUT2D eigenvalue weighted by Gasteiger charge is 2.30. The van der Waals surface area contributed by atoms with E-state index in [1.54, 1.807) is 23.1 Å². The average Bonchev–Trinajstić information content (AvgIpc) is 2.73. The molecule has 0 heterocycles. The van der Waals surface area contributed by atoms with Crippen molar-refractivity contribution >= 4 is 35.0 Å². The van der Waals surface area contributed by atoms with Crippen molar-refractivity contribution in [3.05, 3.63) is 69.7 Å². The first kappa shape index (κ1) is 24.2. The topological polar surface area (TPSA) is 49.4 Å². The average molecular weight is 449 g/mol. The number of nitrogens with one attached hydrogen (secondary N) is 1. The van der Waals surface area contributed by atoms with E-state index in [1.807, 2.05) is 37.3 Å². The molecule has 0 radical (unpaired) electrons. The third-order valence-electron chi connectivity index (χ3n) is 4.95. The van der Waals surface area contributed by atoms with Gasteiger partial charge in [-0.2, -0.15) is 0 Å². The second kappa shape index (κ2) is 12.6. The highest BCUT2D eigenvalue weighted by atomic mass is 35.5. The summed E-state index contributed by atoms with van der Waals surface area (Å²) in [5.41, 5.74) is 1.65. The van der Waals surface area contributed by atoms with Crippen molar-refractivity contribution in [2.75, 3.05) is 6.54 Å². The van der Waals surface area contributed by atoms with Gasteiger partial charge in [-0.25, -0.2) is 0 Å². The predicted octanol–water partition coefficient (Wildman–Crippen LogP) is 5.65. The van der Waals surface area contributed by atoms with Crippen LogP contribution < -0.4 is 5.32 Å². The van der Waals surface area contributed by atoms with Crippen molar-refractivity contribution in [1.82, 2.24) is 10.2 Å². The second-order valence-electron chi connectivity index (χ2n) is 7.32. The zero-order valence-corrected chi connectivity index (χ0v) is 19.2. The summed E-state index contributed by atoms with van der Waals surface area (Å²) in [6.07, 6.45) is 3.35. The van der Waals surface area contributed by atoms with Crippen LogP contribution in [0, 0.1) is 0 Å². The summed E-state index contributed by atoms with van der Waals surface area (Å²) in [7, 11) is 0. The summed E-state index contributed by atoms with van der Waals surface area (Å²) < 4.78 is 0. The Hall–Kier alpha value is -2.04. The predicted molar refractivity (Wildman–Crippen MR) is 124 cm³/mol. The number of rotatable bonds is 11. The number of hydrogen-bond donors (Lipinski definition) is 1. The van der Waals surface area contributed by atoms with E-state index in [1.165, 1.54) is 0 Å². The van der Waals surface area contributed by atoms with E-state index in [-0.39, 0.29) is 18.4 Å². The van der Waals surface area contributed by atoms with Gasteiger partial charge < -0.3 is 10.2 Å². The fourth-order valence-electron chi connectivity index (χ4n) is 3.27. The van der Waals surface area contributed by atoms with Gasteiger partial charge in [-0.1, -0.05) is 79.9 Å². The molecule has 1 atom stereocenters. The molecule has 162 valence electrons. The molecule has 6 heteroatoms. The molecular weight excluding hydrogens is 419 g/mol. The Kier molecular flexibility index (Phi) is 10.2. The van der Waals surface area contributed by atoms with Gasteiger partial charge >= 0.3 is 0 Å². The summed E-state index contributed by atoms with van der Waals surface area (Å²) in [6.45, 7) is 4.80. The zero-order chi connectivity index (χ0) is 21.9. The van der Waals surface area contributed by atoms with Gasteiger partial charge in [0.15, 0.2) is 0 Å². The minimum atomic E-state index is -0.643. The molecule has 2 aromatic rings. The summed E-state index contributed by atoms with van der Waals surface area (Å²) in [4.78, 5) is 27.9. The molecular formula is C24H30Cl2N2O2. The van der Waals surface area contributed by atoms with Crippen LogP contribution in [0.1, 0.15) is 50.7 Å². The lowest BCUT2D eigenvalue weighted by atomic mass is 10.0. The number of nitrogens with zero attached hydrogens (tertiary/aromatic N) is 1. The maximum Gasteiger partial charge on any atom is 0.243 e. The van der Waals surface area contributed by atoms with Gasteiger partial charge in [0.1, 0.15) is 6.04 Å². The van der Waals surface area contributed by atoms with Crippen molar-refractivity contribution in [3.8, 4) is 0 Å². The molecule has 0 aliphatic rings. The van der Waals surface area contributed by atoms with E-state index < -0.39 is 6.04 Å². The minimum absolute atomic E-state index is 0.0833. The van der Waals surface area contributed by atoms with Crippen molar-refractivity contribution in [3.63, 3.8) is 0 Å². The van der Waals surface area contributed by atoms with Crippen LogP contribution in [0.4, 0.5) is 0 Å². The zero-order valence-electron chi connectivity index (χ0n) is 17.7. The SMILES string of the molecule is CCCCNC(=O)[C@H](Cc1ccccc1)N(Cc1c(Cl)cccc1Cl)C(=O)CCC. The highest BCUT2D eigenvalue weighted by molar-refractivity contribution is 6.36. The first-order valence-electron chi connectivity index (χ1n) is 10.5. The number of amides is 2. The molecule has 0 aliphatic heterocycles. The Bertz CT molecular complexity index is 807. The summed E-state index contributed by atoms with van der Waals surface area (Å²) >= 11 is 12.8. The number of carbonyl (C=O) groups excluding carboxylic acids is 2. The Morgan fingerprint density at radius 3 is 2.23 bits per heavy atom. The van der Waals surface area contributed by atoms with E-state index in [0.717, 1.165) is 18.4 Å². The van der Waals surface area contributed by atoms with Crippen LogP contribution in [-0.2, 0) is 22.6 Å². The fourth-order valence-corrected chi connectivity index (χ4v) is 3.79. The Morgan fingerprint density at radius 2 is 1.63 bits per heavy atom. The number of carbonyl (C=O) groups is 2. The maximum atomic E-state index is 13.2. The van der Waals surface area contributed by atoms with Crippen LogP contribution in [0.5, 0.6) is 0 Å². The maximum absolute atomic E-state index is 13.2. The first-order valence-corrected chi connectivity index (χ1v) is 11.3. The number of halogens is 2. The number of unbranched alkanes of at least 4 members (excludes halogenated alkanes) is 1. The normalized spacial score (nSPS) is 11.7. The minimum Gasteiger partial charge on any atom is -0.354 e. The lowest BCUT2D eigenvalue weighted by Crippen LogP contribution is -2.50. The van der Waals surface area contributed by atoms with E-state index in [9.17, 15) is 9.59 Å². The van der Waals surface area contributed by atoms with E-state index in [2.05, 4.69) is 12.2 Å². The molecule has 0 saturated carbocycles. The second-order valence-corrected chi connectivity index (χ2v) is 8.14. The standard InChI is InChI=1S/C24H30Cl2N2O2/c1-3-5-15-27-24(30)22(16-18-11-7-6-8-12-18)28(23(29)10-4-2)17-19-20(25)13-9-14-21(19)26/h6-9,11-14,22H,3-5,10,15-17H2,1-2H3,(H,27,30)/t22-/m0/s1. The van der Waals surface area contributed by atoms with Crippen LogP contribution >= 0.6 is 23.2 Å². The van der Waals surface area contributed by atoms with E-state index in [4.69, 9.17) is 23.2 Å². The van der Waals surface area contributed by atoms with Crippen molar-refractivity contribution < 1.29 is 9.59 Å². The molecule has 1 N–H and O–H groups in total. The van der Waals surface area contributed by atoms with E-state index >= 15 is 0 Å². The molecule has 4 nitrogen and oxygen atoms in total. The largest absolute Gasteiger partial charge is 0.354 e. The summed E-state index contributed by atoms with van der Waals surface area (Å²) in [6, 6.07) is 14.4. The molecule has 2 rings (SSSR count). The molecule has 2 aromatic carbocycles. The summed E-state index contributed by atoms with van der Waals surface area (Å²) in [5.74, 6) is -0.236. The van der Waals surface area contributed by atoms with Crippen LogP contribution in [0.25, 0.3) is 0 Å². The lowest BCUT2D eigenvalue weighted by Gasteiger charge is -2.32. The van der Waals surface area contributed by atoms with Gasteiger partial charge in [-0.05, 0) is 30.5 Å². The van der Waals surface area contributed by atoms with Crippen molar-refractivity contribution in [1.29, 1.82) is 0 Å². The molecule has 2 amide bonds. The first-order chi connectivity index (χ1) is 14.5. The third-order valence-corrected chi connectivity index (χ3v) is 5.66. The smallest absolute Gasteiger partial charge is 0.243 e. The molecule has 0 fully saturated rings. The summed E-state index contributed by atoms with van der Waals surface area (Å²) in [5, 5.41) is 3.97. The van der Waals surface area contributed by atoms with Gasteiger partial charge in [-0.3, -0.25) is 9.59 Å². The molecule has 0 aliphatic carbocycles. The number of hydrogen-bond acceptors (Lipinski definition) is 2. The Balaban J connectivity index is 2.39. The molecule has 0 unspecified atom stereocenters. The molecule has 0 saturated heterocycles. The van der Waals surface area contributed by atoms with Crippen LogP contribution in [0.15, 0.2) is 48.5 Å². The van der Waals surface area contributed by atoms with Crippen LogP contribution in [-0.4, -0.2) is 29.3 Å². The fraction of sp³-hybridized carbons (Fsp3) is 0.417. The van der Waals surface area contributed by atoms with Gasteiger partial charge in [0.25, 0.3) is 0 Å². The van der Waals surface area contributed by atoms with Gasteiger partial charge in [-0.15, -0.1) is 0 Å². The quantitative estimate of drug-likeness (QED) is 0.451. The van der Waals surface area contributed by atoms with Gasteiger partial charge in [0.2, 0.25) is 11.8 Å². The van der Waals surface area contributed by atoms with Crippen LogP contribution in [0.3, 0.4) is 0 Å². The highest BCUT2D eigenvalue weighted by Crippen LogP contribution is 2.27. The van der Waals surface area contributed by atoms with E-state index in [0.29, 0.717) is 41.4 Å².